The van der Waals surface area contributed by atoms with E-state index in [0.29, 0.717) is 17.7 Å². The summed E-state index contributed by atoms with van der Waals surface area (Å²) in [5, 5.41) is 9.68. The van der Waals surface area contributed by atoms with E-state index in [1.807, 2.05) is 0 Å². The molecule has 0 saturated heterocycles. The highest BCUT2D eigenvalue weighted by Crippen LogP contribution is 2.50. The third-order valence-electron chi connectivity index (χ3n) is 6.10. The van der Waals surface area contributed by atoms with Crippen molar-refractivity contribution in [2.24, 2.45) is 0 Å². The topological polar surface area (TPSA) is 71.5 Å². The van der Waals surface area contributed by atoms with Crippen molar-refractivity contribution in [3.05, 3.63) is 92.9 Å². The second-order valence-corrected chi connectivity index (χ2v) is 8.50. The highest BCUT2D eigenvalue weighted by atomic mass is 19.4. The lowest BCUT2D eigenvalue weighted by Gasteiger charge is -2.33. The molecule has 218 valence electrons. The predicted molar refractivity (Wildman–Crippen MR) is 120 cm³/mol. The molecule has 40 heavy (non-hydrogen) atoms. The van der Waals surface area contributed by atoms with E-state index < -0.39 is 59.7 Å². The van der Waals surface area contributed by atoms with Gasteiger partial charge in [-0.3, -0.25) is 4.79 Å². The van der Waals surface area contributed by atoms with Gasteiger partial charge in [0.25, 0.3) is 11.2 Å². The van der Waals surface area contributed by atoms with Crippen LogP contribution in [0, 0.1) is 6.92 Å². The zero-order valence-corrected chi connectivity index (χ0v) is 20.1. The monoisotopic (exact) mass is 587 g/mol. The van der Waals surface area contributed by atoms with Crippen LogP contribution in [0.15, 0.2) is 59.5 Å². The second kappa shape index (κ2) is 11.4. The summed E-state index contributed by atoms with van der Waals surface area (Å²) in [6, 6.07) is 6.89. The van der Waals surface area contributed by atoms with Crippen LogP contribution in [0.4, 0.5) is 43.9 Å². The van der Waals surface area contributed by atoms with Crippen molar-refractivity contribution in [2.45, 2.75) is 50.4 Å². The molecule has 0 aliphatic heterocycles. The van der Waals surface area contributed by atoms with E-state index in [1.54, 1.807) is 0 Å². The number of H-pyrrole nitrogens is 1. The van der Waals surface area contributed by atoms with E-state index in [0.717, 1.165) is 30.3 Å². The fourth-order valence-corrected chi connectivity index (χ4v) is 4.03. The van der Waals surface area contributed by atoms with Crippen molar-refractivity contribution in [1.82, 2.24) is 4.98 Å². The average Bonchev–Trinajstić information content (AvgIpc) is 2.84. The highest BCUT2D eigenvalue weighted by molar-refractivity contribution is 5.47. The maximum absolute atomic E-state index is 13.3. The summed E-state index contributed by atoms with van der Waals surface area (Å²) >= 11 is 0. The van der Waals surface area contributed by atoms with Crippen LogP contribution in [-0.4, -0.2) is 35.7 Å². The number of aromatic nitrogens is 1. The van der Waals surface area contributed by atoms with Gasteiger partial charge in [0.1, 0.15) is 0 Å². The van der Waals surface area contributed by atoms with Gasteiger partial charge >= 0.3 is 25.6 Å². The Bertz CT molecular complexity index is 1350. The molecular weight excluding hydrogens is 568 g/mol. The molecule has 0 spiro atoms. The Kier molecular flexibility index (Phi) is 8.77. The Morgan fingerprint density at radius 3 is 1.85 bits per heavy atom. The van der Waals surface area contributed by atoms with Crippen molar-refractivity contribution in [3.8, 4) is 11.5 Å². The van der Waals surface area contributed by atoms with Gasteiger partial charge in [0.05, 0.1) is 0 Å². The van der Waals surface area contributed by atoms with E-state index in [4.69, 9.17) is 0 Å². The molecule has 3 aromatic rings. The summed E-state index contributed by atoms with van der Waals surface area (Å²) in [6.07, 6.45) is -11.1. The zero-order chi connectivity index (χ0) is 30.0. The molecule has 5 nitrogen and oxygen atoms in total. The molecule has 1 aromatic heterocycles. The highest BCUT2D eigenvalue weighted by Gasteiger charge is 2.71. The van der Waals surface area contributed by atoms with Crippen LogP contribution in [0.1, 0.15) is 33.7 Å². The first-order chi connectivity index (χ1) is 18.5. The van der Waals surface area contributed by atoms with E-state index in [9.17, 15) is 53.8 Å². The molecule has 2 aromatic carbocycles. The molecule has 0 aliphatic carbocycles. The van der Waals surface area contributed by atoms with Crippen molar-refractivity contribution >= 4 is 0 Å². The molecule has 2 N–H and O–H groups in total. The Morgan fingerprint density at radius 1 is 0.800 bits per heavy atom. The number of benzene rings is 2. The van der Waals surface area contributed by atoms with Crippen molar-refractivity contribution in [2.75, 3.05) is 0 Å². The predicted octanol–water partition coefficient (Wildman–Crippen LogP) is 6.57. The number of aromatic amines is 1. The fraction of sp³-hybridized carbons (Fsp3) is 0.320. The number of aliphatic hydroxyl groups is 1. The van der Waals surface area contributed by atoms with Crippen LogP contribution in [0.25, 0.3) is 0 Å². The Hall–Kier alpha value is -3.75. The molecule has 0 amide bonds. The Labute approximate surface area is 219 Å². The first-order valence-corrected chi connectivity index (χ1v) is 11.1. The fourth-order valence-electron chi connectivity index (χ4n) is 4.03. The molecule has 0 fully saturated rings. The van der Waals surface area contributed by atoms with Crippen LogP contribution in [0.5, 0.6) is 11.5 Å². The lowest BCUT2D eigenvalue weighted by Crippen LogP contribution is -2.53. The maximum Gasteiger partial charge on any atom is 0.430 e. The van der Waals surface area contributed by atoms with Crippen molar-refractivity contribution in [1.29, 1.82) is 0 Å². The second-order valence-electron chi connectivity index (χ2n) is 8.50. The van der Waals surface area contributed by atoms with Gasteiger partial charge in [0.2, 0.25) is 0 Å². The molecule has 0 aliphatic rings. The largest absolute Gasteiger partial charge is 0.431 e. The molecule has 0 bridgehead atoms. The number of hydrogen-bond donors (Lipinski definition) is 2. The smallest absolute Gasteiger partial charge is 0.430 e. The van der Waals surface area contributed by atoms with Crippen LogP contribution in [0.3, 0.4) is 0 Å². The van der Waals surface area contributed by atoms with Gasteiger partial charge in [0.15, 0.2) is 11.5 Å². The van der Waals surface area contributed by atoms with Gasteiger partial charge in [-0.2, -0.15) is 43.9 Å². The minimum atomic E-state index is -6.13. The number of pyridine rings is 1. The third-order valence-corrected chi connectivity index (χ3v) is 6.10. The number of rotatable bonds is 9. The zero-order valence-electron chi connectivity index (χ0n) is 20.1. The van der Waals surface area contributed by atoms with Crippen LogP contribution < -0.4 is 15.0 Å². The quantitative estimate of drug-likeness (QED) is 0.278. The van der Waals surface area contributed by atoms with Crippen LogP contribution in [-0.2, 0) is 12.0 Å². The number of ether oxygens (including phenoxy) is 2. The summed E-state index contributed by atoms with van der Waals surface area (Å²) in [4.78, 5) is 14.5. The van der Waals surface area contributed by atoms with Crippen molar-refractivity contribution in [3.63, 3.8) is 0 Å². The maximum atomic E-state index is 13.3. The number of hydrogen-bond acceptors (Lipinski definition) is 4. The molecule has 1 unspecified atom stereocenters. The van der Waals surface area contributed by atoms with Crippen molar-refractivity contribution < 1.29 is 58.5 Å². The molecule has 0 radical (unpaired) electrons. The van der Waals surface area contributed by atoms with E-state index in [-0.39, 0.29) is 23.1 Å². The van der Waals surface area contributed by atoms with Gasteiger partial charge in [-0.25, -0.2) is 0 Å². The third kappa shape index (κ3) is 6.35. The lowest BCUT2D eigenvalue weighted by atomic mass is 9.83. The summed E-state index contributed by atoms with van der Waals surface area (Å²) in [5.41, 5.74) is -6.59. The van der Waals surface area contributed by atoms with Gasteiger partial charge in [-0.05, 0) is 48.2 Å². The minimum Gasteiger partial charge on any atom is -0.431 e. The van der Waals surface area contributed by atoms with Gasteiger partial charge in [0, 0.05) is 23.2 Å². The molecule has 0 saturated carbocycles. The summed E-state index contributed by atoms with van der Waals surface area (Å²) in [7, 11) is 0. The summed E-state index contributed by atoms with van der Waals surface area (Å²) in [5.74, 6) is -2.62. The van der Waals surface area contributed by atoms with Gasteiger partial charge < -0.3 is 19.6 Å². The summed E-state index contributed by atoms with van der Waals surface area (Å²) in [6.45, 7) is -5.44. The molecule has 1 atom stereocenters. The number of halogens is 10. The normalized spacial score (nSPS) is 13.6. The molecule has 1 heterocycles. The molecule has 3 rings (SSSR count). The number of nitrogens with one attached hydrogen (secondary N) is 1. The Balaban J connectivity index is 2.17. The van der Waals surface area contributed by atoms with E-state index in [1.165, 1.54) is 19.2 Å². The minimum absolute atomic E-state index is 0.0284. The standard InChI is InChI=1S/C25H19F10NO4/c1-12-14(8-9-36-20(12)37)10-17(15-4-7-18(39-21(26)27)19(11-15)40-22(28)29)13-2-5-16(6-3-13)23(38,24(30,31)32)25(33,34)35/h2-9,11,17,21-22,38H,10H2,1H3,(H,36,37). The van der Waals surface area contributed by atoms with E-state index in [2.05, 4.69) is 14.5 Å². The number of alkyl halides is 10. The van der Waals surface area contributed by atoms with Gasteiger partial charge in [-0.1, -0.05) is 30.3 Å². The SMILES string of the molecule is Cc1c(CC(c2ccc(C(O)(C(F)(F)F)C(F)(F)F)cc2)c2ccc(OC(F)F)c(OC(F)F)c2)cc[nH]c1=O. The van der Waals surface area contributed by atoms with Crippen LogP contribution in [0.2, 0.25) is 0 Å². The molecular formula is C25H19F10NO4. The molecule has 15 heteroatoms. The lowest BCUT2D eigenvalue weighted by molar-refractivity contribution is -0.376. The Morgan fingerprint density at radius 2 is 1.32 bits per heavy atom. The first kappa shape index (κ1) is 30.8. The summed E-state index contributed by atoms with van der Waals surface area (Å²) < 4.78 is 140. The first-order valence-electron chi connectivity index (χ1n) is 11.1. The van der Waals surface area contributed by atoms with E-state index >= 15 is 0 Å². The average molecular weight is 587 g/mol. The van der Waals surface area contributed by atoms with Crippen LogP contribution >= 0.6 is 0 Å². The van der Waals surface area contributed by atoms with Gasteiger partial charge in [-0.15, -0.1) is 0 Å².